The molecule has 0 atom stereocenters. The average Bonchev–Trinajstić information content (AvgIpc) is 2.49. The largest absolute Gasteiger partial charge is 0.542 e. The molecule has 0 unspecified atom stereocenters. The van der Waals surface area contributed by atoms with Gasteiger partial charge in [0.2, 0.25) is 0 Å². The van der Waals surface area contributed by atoms with Gasteiger partial charge >= 0.3 is 0 Å². The molecule has 0 amide bonds. The number of halogens is 1. The van der Waals surface area contributed by atoms with Crippen LogP contribution in [0, 0.1) is 0 Å². The summed E-state index contributed by atoms with van der Waals surface area (Å²) in [5.41, 5.74) is 8.29. The molecule has 143 valence electrons. The maximum absolute atomic E-state index is 6.30. The minimum Gasteiger partial charge on any atom is -0.542 e. The topological polar surface area (TPSA) is 47.3 Å². The van der Waals surface area contributed by atoms with E-state index < -0.39 is 9.04 Å². The lowest BCUT2D eigenvalue weighted by Crippen LogP contribution is -2.30. The van der Waals surface area contributed by atoms with E-state index in [1.807, 2.05) is 0 Å². The quantitative estimate of drug-likeness (QED) is 0.402. The smallest absolute Gasteiger partial charge is 0.274 e. The fraction of sp³-hybridized carbons (Fsp3) is 0.450. The van der Waals surface area contributed by atoms with Gasteiger partial charge in [-0.3, -0.25) is 0 Å². The number of nitrogens with one attached hydrogen (secondary N) is 1. The molecule has 0 aliphatic rings. The van der Waals surface area contributed by atoms with Gasteiger partial charge in [0, 0.05) is 6.54 Å². The Balaban J connectivity index is 0.00000338. The summed E-state index contributed by atoms with van der Waals surface area (Å²) in [6, 6.07) is 10.8. The molecule has 0 aromatic heterocycles. The molecule has 0 saturated carbocycles. The van der Waals surface area contributed by atoms with E-state index >= 15 is 0 Å². The third-order valence-corrected chi connectivity index (χ3v) is 4.86. The number of fused-ring (bicyclic) bond motifs is 1. The highest BCUT2D eigenvalue weighted by molar-refractivity contribution is 7.80. The minimum atomic E-state index is -0.838. The Labute approximate surface area is 170 Å². The van der Waals surface area contributed by atoms with E-state index in [0.717, 1.165) is 25.1 Å². The van der Waals surface area contributed by atoms with Gasteiger partial charge in [-0.05, 0) is 71.5 Å². The van der Waals surface area contributed by atoms with Crippen molar-refractivity contribution in [3.8, 4) is 5.75 Å². The van der Waals surface area contributed by atoms with E-state index in [2.05, 4.69) is 69.5 Å². The fourth-order valence-electron chi connectivity index (χ4n) is 3.26. The van der Waals surface area contributed by atoms with Crippen LogP contribution in [-0.4, -0.2) is 20.7 Å². The van der Waals surface area contributed by atoms with Crippen LogP contribution in [0.15, 0.2) is 30.3 Å². The number of benzene rings is 2. The Hall–Kier alpha value is -1.30. The molecule has 0 heterocycles. The average molecular weight is 410 g/mol. The van der Waals surface area contributed by atoms with Crippen molar-refractivity contribution in [2.75, 3.05) is 6.54 Å². The second kappa shape index (κ2) is 9.58. The van der Waals surface area contributed by atoms with Crippen LogP contribution in [0.2, 0.25) is 13.1 Å². The van der Waals surface area contributed by atoms with Crippen LogP contribution in [0.1, 0.15) is 38.3 Å². The standard InChI is InChI=1S/C20H29N2OSSi.ClH/c1-20(2,3)18-15-10-7-6-9-14(15)13-17(23-25(4)5)16(18)11-8-12-22-19(21)24;/h6-7,9-10,13H,8,11-12H2,1-5H3,(H3,21,22,24);1H. The lowest BCUT2D eigenvalue weighted by molar-refractivity contribution is 0.546. The summed E-state index contributed by atoms with van der Waals surface area (Å²) in [6.07, 6.45) is 1.90. The monoisotopic (exact) mass is 409 g/mol. The number of nitrogens with two attached hydrogens (primary N) is 1. The Morgan fingerprint density at radius 1 is 1.23 bits per heavy atom. The van der Waals surface area contributed by atoms with E-state index in [0.29, 0.717) is 5.11 Å². The first-order valence-corrected chi connectivity index (χ1v) is 11.6. The third-order valence-electron chi connectivity index (χ3n) is 4.08. The van der Waals surface area contributed by atoms with Crippen molar-refractivity contribution in [1.82, 2.24) is 5.32 Å². The molecule has 2 aromatic carbocycles. The first kappa shape index (κ1) is 22.7. The molecule has 0 saturated heterocycles. The van der Waals surface area contributed by atoms with Crippen molar-refractivity contribution in [2.45, 2.75) is 52.1 Å². The van der Waals surface area contributed by atoms with E-state index in [9.17, 15) is 0 Å². The number of hydrogen-bond acceptors (Lipinski definition) is 2. The van der Waals surface area contributed by atoms with Gasteiger partial charge in [-0.2, -0.15) is 0 Å². The first-order valence-electron chi connectivity index (χ1n) is 8.76. The first-order chi connectivity index (χ1) is 11.7. The van der Waals surface area contributed by atoms with Crippen LogP contribution in [-0.2, 0) is 11.8 Å². The Morgan fingerprint density at radius 3 is 2.46 bits per heavy atom. The van der Waals surface area contributed by atoms with Gasteiger partial charge in [0.1, 0.15) is 5.75 Å². The maximum Gasteiger partial charge on any atom is 0.274 e. The van der Waals surface area contributed by atoms with Crippen LogP contribution in [0.4, 0.5) is 0 Å². The summed E-state index contributed by atoms with van der Waals surface area (Å²) >= 11 is 4.90. The van der Waals surface area contributed by atoms with Crippen molar-refractivity contribution in [3.05, 3.63) is 41.5 Å². The van der Waals surface area contributed by atoms with E-state index in [4.69, 9.17) is 22.4 Å². The molecule has 0 fully saturated rings. The summed E-state index contributed by atoms with van der Waals surface area (Å²) in [7, 11) is -0.838. The number of thiocarbonyl (C=S) groups is 1. The van der Waals surface area contributed by atoms with Crippen LogP contribution in [0.3, 0.4) is 0 Å². The molecule has 3 nitrogen and oxygen atoms in total. The summed E-state index contributed by atoms with van der Waals surface area (Å²) < 4.78 is 6.30. The minimum absolute atomic E-state index is 0. The Kier molecular flexibility index (Phi) is 8.38. The van der Waals surface area contributed by atoms with Gasteiger partial charge in [-0.25, -0.2) is 0 Å². The Bertz CT molecular complexity index is 759. The zero-order valence-corrected chi connectivity index (χ0v) is 18.9. The molecule has 1 radical (unpaired) electrons. The molecular formula is C20H30ClN2OSSi. The lowest BCUT2D eigenvalue weighted by atomic mass is 9.79. The van der Waals surface area contributed by atoms with Gasteiger partial charge < -0.3 is 15.5 Å². The van der Waals surface area contributed by atoms with E-state index in [1.54, 1.807) is 0 Å². The predicted octanol–water partition coefficient (Wildman–Crippen LogP) is 4.95. The summed E-state index contributed by atoms with van der Waals surface area (Å²) in [4.78, 5) is 0. The van der Waals surface area contributed by atoms with Crippen LogP contribution in [0.5, 0.6) is 5.75 Å². The van der Waals surface area contributed by atoms with Gasteiger partial charge in [0.15, 0.2) is 5.11 Å². The van der Waals surface area contributed by atoms with Crippen molar-refractivity contribution in [3.63, 3.8) is 0 Å². The van der Waals surface area contributed by atoms with Crippen LogP contribution >= 0.6 is 24.6 Å². The second-order valence-corrected chi connectivity index (χ2v) is 10.1. The summed E-state index contributed by atoms with van der Waals surface area (Å²) in [5, 5.41) is 5.97. The molecule has 6 heteroatoms. The maximum atomic E-state index is 6.30. The van der Waals surface area contributed by atoms with Gasteiger partial charge in [-0.15, -0.1) is 12.4 Å². The summed E-state index contributed by atoms with van der Waals surface area (Å²) in [6.45, 7) is 12.0. The van der Waals surface area contributed by atoms with E-state index in [-0.39, 0.29) is 17.8 Å². The van der Waals surface area contributed by atoms with Crippen LogP contribution in [0.25, 0.3) is 10.8 Å². The van der Waals surface area contributed by atoms with Gasteiger partial charge in [0.25, 0.3) is 9.04 Å². The zero-order chi connectivity index (χ0) is 18.6. The van der Waals surface area contributed by atoms with Crippen LogP contribution < -0.4 is 15.5 Å². The van der Waals surface area contributed by atoms with Crippen molar-refractivity contribution in [1.29, 1.82) is 0 Å². The molecular weight excluding hydrogens is 380 g/mol. The molecule has 0 aliphatic carbocycles. The molecule has 0 bridgehead atoms. The van der Waals surface area contributed by atoms with Crippen molar-refractivity contribution in [2.24, 2.45) is 5.73 Å². The van der Waals surface area contributed by atoms with Gasteiger partial charge in [0.05, 0.1) is 0 Å². The van der Waals surface area contributed by atoms with Crippen molar-refractivity contribution >= 4 is 49.6 Å². The molecule has 0 spiro atoms. The molecule has 2 rings (SSSR count). The summed E-state index contributed by atoms with van der Waals surface area (Å²) in [5.74, 6) is 1.04. The molecule has 3 N–H and O–H groups in total. The lowest BCUT2D eigenvalue weighted by Gasteiger charge is -2.28. The SMILES string of the molecule is C[Si](C)Oc1cc2ccccc2c(C(C)(C)C)c1CCCNC(N)=S.Cl. The normalized spacial score (nSPS) is 11.3. The highest BCUT2D eigenvalue weighted by Gasteiger charge is 2.24. The van der Waals surface area contributed by atoms with Gasteiger partial charge in [-0.1, -0.05) is 45.0 Å². The van der Waals surface area contributed by atoms with Crippen molar-refractivity contribution < 1.29 is 4.43 Å². The Morgan fingerprint density at radius 2 is 1.88 bits per heavy atom. The number of hydrogen-bond donors (Lipinski definition) is 2. The highest BCUT2D eigenvalue weighted by Crippen LogP contribution is 2.39. The van der Waals surface area contributed by atoms with E-state index in [1.165, 1.54) is 21.9 Å². The second-order valence-electron chi connectivity index (χ2n) is 7.60. The third kappa shape index (κ3) is 5.86. The zero-order valence-electron chi connectivity index (χ0n) is 16.3. The molecule has 0 aliphatic heterocycles. The molecule has 26 heavy (non-hydrogen) atoms. The molecule has 2 aromatic rings. The highest BCUT2D eigenvalue weighted by atomic mass is 35.5. The predicted molar refractivity (Wildman–Crippen MR) is 121 cm³/mol. The fourth-order valence-corrected chi connectivity index (χ4v) is 3.98. The number of rotatable bonds is 6.